The predicted octanol–water partition coefficient (Wildman–Crippen LogP) is 4.14. The van der Waals surface area contributed by atoms with Crippen LogP contribution in [0.15, 0.2) is 78.9 Å². The molecule has 0 saturated carbocycles. The summed E-state index contributed by atoms with van der Waals surface area (Å²) in [7, 11) is 0. The van der Waals surface area contributed by atoms with Gasteiger partial charge in [-0.05, 0) is 46.4 Å². The van der Waals surface area contributed by atoms with Crippen molar-refractivity contribution in [3.63, 3.8) is 0 Å². The van der Waals surface area contributed by atoms with Crippen LogP contribution in [0.1, 0.15) is 11.1 Å². The van der Waals surface area contributed by atoms with Crippen molar-refractivity contribution >= 4 is 39.9 Å². The van der Waals surface area contributed by atoms with Gasteiger partial charge in [0, 0.05) is 14.8 Å². The fourth-order valence-electron chi connectivity index (χ4n) is 3.55. The molecule has 0 fully saturated rings. The Bertz CT molecular complexity index is 977. The highest BCUT2D eigenvalue weighted by molar-refractivity contribution is 14.1. The van der Waals surface area contributed by atoms with Crippen LogP contribution < -0.4 is 10.2 Å². The first-order valence-electron chi connectivity index (χ1n) is 8.75. The van der Waals surface area contributed by atoms with E-state index < -0.39 is 5.54 Å². The third-order valence-corrected chi connectivity index (χ3v) is 5.85. The third kappa shape index (κ3) is 3.11. The zero-order valence-electron chi connectivity index (χ0n) is 14.6. The lowest BCUT2D eigenvalue weighted by atomic mass is 9.91. The highest BCUT2D eigenvalue weighted by Crippen LogP contribution is 2.43. The third-order valence-electron chi connectivity index (χ3n) is 4.91. The summed E-state index contributed by atoms with van der Waals surface area (Å²) >= 11 is 2.23. The largest absolute Gasteiger partial charge is 0.393 e. The van der Waals surface area contributed by atoms with Crippen LogP contribution in [-0.4, -0.2) is 17.6 Å². The lowest BCUT2D eigenvalue weighted by Gasteiger charge is -2.29. The van der Waals surface area contributed by atoms with Crippen molar-refractivity contribution < 1.29 is 9.90 Å². The molecule has 1 atom stereocenters. The number of fused-ring (bicyclic) bond motifs is 1. The molecule has 4 rings (SSSR count). The molecular weight excluding hydrogens is 451 g/mol. The number of para-hydroxylation sites is 2. The normalized spacial score (nSPS) is 18.4. The second-order valence-corrected chi connectivity index (χ2v) is 7.72. The number of nitrogens with zero attached hydrogens (tertiary/aromatic N) is 1. The number of rotatable bonds is 5. The van der Waals surface area contributed by atoms with Gasteiger partial charge in [-0.2, -0.15) is 0 Å². The van der Waals surface area contributed by atoms with Gasteiger partial charge in [-0.25, -0.2) is 0 Å². The monoisotopic (exact) mass is 470 g/mol. The first kappa shape index (κ1) is 18.0. The molecule has 0 radical (unpaired) electrons. The number of hydrogen-bond acceptors (Lipinski definition) is 3. The van der Waals surface area contributed by atoms with Crippen molar-refractivity contribution in [1.29, 1.82) is 0 Å². The number of nitrogens with one attached hydrogen (secondary N) is 1. The van der Waals surface area contributed by atoms with Crippen molar-refractivity contribution in [3.05, 3.63) is 93.6 Å². The number of anilines is 2. The maximum absolute atomic E-state index is 13.5. The van der Waals surface area contributed by atoms with E-state index in [9.17, 15) is 9.90 Å². The molecule has 1 unspecified atom stereocenters. The Balaban J connectivity index is 1.78. The average Bonchev–Trinajstić information content (AvgIpc) is 2.94. The number of amides is 1. The summed E-state index contributed by atoms with van der Waals surface area (Å²) in [6.07, 6.45) is 0. The first-order chi connectivity index (χ1) is 13.2. The molecule has 1 amide bonds. The lowest BCUT2D eigenvalue weighted by Crippen LogP contribution is -2.48. The Morgan fingerprint density at radius 3 is 2.33 bits per heavy atom. The van der Waals surface area contributed by atoms with Gasteiger partial charge in [-0.3, -0.25) is 4.79 Å². The van der Waals surface area contributed by atoms with Gasteiger partial charge in [0.2, 0.25) is 0 Å². The van der Waals surface area contributed by atoms with Crippen LogP contribution in [0.3, 0.4) is 0 Å². The van der Waals surface area contributed by atoms with Crippen LogP contribution in [0, 0.1) is 3.57 Å². The lowest BCUT2D eigenvalue weighted by molar-refractivity contribution is -0.123. The van der Waals surface area contributed by atoms with Crippen LogP contribution in [-0.2, 0) is 16.9 Å². The minimum Gasteiger partial charge on any atom is -0.393 e. The Hall–Kier alpha value is -2.38. The molecule has 3 aromatic rings. The molecule has 1 heterocycles. The minimum atomic E-state index is -1.19. The topological polar surface area (TPSA) is 52.6 Å². The van der Waals surface area contributed by atoms with Crippen LogP contribution in [0.2, 0.25) is 0 Å². The first-order valence-corrected chi connectivity index (χ1v) is 9.82. The van der Waals surface area contributed by atoms with Crippen molar-refractivity contribution in [3.8, 4) is 0 Å². The summed E-state index contributed by atoms with van der Waals surface area (Å²) < 4.78 is 0.995. The molecule has 136 valence electrons. The highest BCUT2D eigenvalue weighted by atomic mass is 127. The maximum Gasteiger partial charge on any atom is 0.260 e. The standard InChI is InChI=1S/C22H19IN2O2/c23-18-11-5-6-12-19(18)24-22(15-26)17-10-4-7-13-20(17)25(21(22)27)14-16-8-2-1-3-9-16/h1-13,24,26H,14-15H2. The van der Waals surface area contributed by atoms with Gasteiger partial charge < -0.3 is 15.3 Å². The number of carbonyl (C=O) groups excluding carboxylic acids is 1. The summed E-state index contributed by atoms with van der Waals surface area (Å²) in [5.74, 6) is -0.144. The van der Waals surface area contributed by atoms with Gasteiger partial charge in [0.1, 0.15) is 0 Å². The molecule has 0 aliphatic carbocycles. The molecule has 1 aliphatic heterocycles. The van der Waals surface area contributed by atoms with E-state index in [4.69, 9.17) is 0 Å². The van der Waals surface area contributed by atoms with Gasteiger partial charge in [0.25, 0.3) is 5.91 Å². The smallest absolute Gasteiger partial charge is 0.260 e. The van der Waals surface area contributed by atoms with Crippen LogP contribution in [0.5, 0.6) is 0 Å². The van der Waals surface area contributed by atoms with Crippen molar-refractivity contribution in [2.24, 2.45) is 0 Å². The fourth-order valence-corrected chi connectivity index (χ4v) is 4.08. The Labute approximate surface area is 172 Å². The Morgan fingerprint density at radius 1 is 0.926 bits per heavy atom. The van der Waals surface area contributed by atoms with Crippen LogP contribution in [0.25, 0.3) is 0 Å². The maximum atomic E-state index is 13.5. The van der Waals surface area contributed by atoms with Crippen LogP contribution >= 0.6 is 22.6 Å². The van der Waals surface area contributed by atoms with Gasteiger partial charge >= 0.3 is 0 Å². The average molecular weight is 470 g/mol. The van der Waals surface area contributed by atoms with E-state index in [-0.39, 0.29) is 12.5 Å². The van der Waals surface area contributed by atoms with E-state index in [1.165, 1.54) is 0 Å². The second-order valence-electron chi connectivity index (χ2n) is 6.56. The Morgan fingerprint density at radius 2 is 1.59 bits per heavy atom. The van der Waals surface area contributed by atoms with E-state index in [0.29, 0.717) is 6.54 Å². The molecule has 0 spiro atoms. The van der Waals surface area contributed by atoms with Gasteiger partial charge in [0.15, 0.2) is 5.54 Å². The molecule has 0 aromatic heterocycles. The summed E-state index contributed by atoms with van der Waals surface area (Å²) in [5.41, 5.74) is 2.32. The van der Waals surface area contributed by atoms with E-state index >= 15 is 0 Å². The van der Waals surface area contributed by atoms with Gasteiger partial charge in [0.05, 0.1) is 18.8 Å². The highest BCUT2D eigenvalue weighted by Gasteiger charge is 2.50. The molecule has 1 aliphatic rings. The van der Waals surface area contributed by atoms with E-state index in [0.717, 1.165) is 26.1 Å². The molecule has 3 aromatic carbocycles. The molecular formula is C22H19IN2O2. The quantitative estimate of drug-likeness (QED) is 0.552. The zero-order chi connectivity index (χ0) is 18.9. The van der Waals surface area contributed by atoms with Gasteiger partial charge in [-0.15, -0.1) is 0 Å². The molecule has 4 nitrogen and oxygen atoms in total. The Kier molecular flexibility index (Phi) is 4.88. The molecule has 2 N–H and O–H groups in total. The van der Waals surface area contributed by atoms with Gasteiger partial charge in [-0.1, -0.05) is 60.7 Å². The summed E-state index contributed by atoms with van der Waals surface area (Å²) in [6.45, 7) is 0.144. The van der Waals surface area contributed by atoms with E-state index in [2.05, 4.69) is 27.9 Å². The molecule has 27 heavy (non-hydrogen) atoms. The van der Waals surface area contributed by atoms with Crippen molar-refractivity contribution in [2.45, 2.75) is 12.1 Å². The molecule has 0 saturated heterocycles. The van der Waals surface area contributed by atoms with E-state index in [1.807, 2.05) is 78.9 Å². The summed E-state index contributed by atoms with van der Waals surface area (Å²) in [5, 5.41) is 13.7. The SMILES string of the molecule is O=C1N(Cc2ccccc2)c2ccccc2C1(CO)Nc1ccccc1I. The van der Waals surface area contributed by atoms with E-state index in [1.54, 1.807) is 4.90 Å². The van der Waals surface area contributed by atoms with Crippen LogP contribution in [0.4, 0.5) is 11.4 Å². The fraction of sp³-hybridized carbons (Fsp3) is 0.136. The number of aliphatic hydroxyl groups excluding tert-OH is 1. The number of aliphatic hydroxyl groups is 1. The summed E-state index contributed by atoms with van der Waals surface area (Å²) in [6, 6.07) is 25.3. The molecule has 0 bridgehead atoms. The number of halogens is 1. The second kappa shape index (κ2) is 7.32. The molecule has 5 heteroatoms. The van der Waals surface area contributed by atoms with Crippen molar-refractivity contribution in [2.75, 3.05) is 16.8 Å². The summed E-state index contributed by atoms with van der Waals surface area (Å²) in [4.78, 5) is 15.3. The van der Waals surface area contributed by atoms with Crippen molar-refractivity contribution in [1.82, 2.24) is 0 Å². The predicted molar refractivity (Wildman–Crippen MR) is 116 cm³/mol. The zero-order valence-corrected chi connectivity index (χ0v) is 16.8. The minimum absolute atomic E-state index is 0.144. The number of hydrogen-bond donors (Lipinski definition) is 2. The number of carbonyl (C=O) groups is 1. The number of benzene rings is 3.